The van der Waals surface area contributed by atoms with Gasteiger partial charge in [-0.1, -0.05) is 19.4 Å². The molecule has 0 spiro atoms. The molecule has 0 bridgehead atoms. The predicted octanol–water partition coefficient (Wildman–Crippen LogP) is 0.337. The third-order valence-corrected chi connectivity index (χ3v) is 3.03. The van der Waals surface area contributed by atoms with Crippen LogP contribution in [0.15, 0.2) is 18.2 Å². The summed E-state index contributed by atoms with van der Waals surface area (Å²) < 4.78 is 0. The lowest BCUT2D eigenvalue weighted by Gasteiger charge is -2.17. The zero-order valence-electron chi connectivity index (χ0n) is 11.7. The fraction of sp³-hybridized carbons (Fsp3) is 0.429. The summed E-state index contributed by atoms with van der Waals surface area (Å²) in [6.07, 6.45) is 1.17. The molecule has 7 nitrogen and oxygen atoms in total. The number of nitrogens with one attached hydrogen (secondary N) is 1. The molecule has 0 radical (unpaired) electrons. The van der Waals surface area contributed by atoms with Gasteiger partial charge in [-0.2, -0.15) is 0 Å². The Bertz CT molecular complexity index is 518. The van der Waals surface area contributed by atoms with Crippen molar-refractivity contribution >= 4 is 11.9 Å². The molecule has 21 heavy (non-hydrogen) atoms. The molecule has 0 aromatic heterocycles. The number of carboxylic acids is 1. The van der Waals surface area contributed by atoms with Crippen molar-refractivity contribution in [2.75, 3.05) is 0 Å². The van der Waals surface area contributed by atoms with Crippen LogP contribution in [0.2, 0.25) is 0 Å². The van der Waals surface area contributed by atoms with Gasteiger partial charge in [0.25, 0.3) is 0 Å². The number of nitrogens with two attached hydrogens (primary N) is 1. The van der Waals surface area contributed by atoms with Crippen LogP contribution in [-0.4, -0.2) is 39.3 Å². The zero-order valence-corrected chi connectivity index (χ0v) is 11.7. The second kappa shape index (κ2) is 7.49. The summed E-state index contributed by atoms with van der Waals surface area (Å²) in [5.41, 5.74) is 6.11. The van der Waals surface area contributed by atoms with Crippen molar-refractivity contribution in [3.63, 3.8) is 0 Å². The van der Waals surface area contributed by atoms with Crippen LogP contribution in [-0.2, 0) is 16.0 Å². The molecule has 0 fully saturated rings. The molecule has 0 heterocycles. The maximum absolute atomic E-state index is 11.8. The molecule has 1 aromatic rings. The van der Waals surface area contributed by atoms with E-state index in [4.69, 9.17) is 10.8 Å². The third kappa shape index (κ3) is 4.96. The molecule has 1 unspecified atom stereocenters. The Kier molecular flexibility index (Phi) is 5.98. The summed E-state index contributed by atoms with van der Waals surface area (Å²) in [5.74, 6) is -2.35. The van der Waals surface area contributed by atoms with E-state index in [-0.39, 0.29) is 17.9 Å². The first kappa shape index (κ1) is 16.8. The standard InChI is InChI=1S/C14H20N2O5/c1-2-3-9(15)13(19)16-10(14(20)21)6-8-4-5-11(17)12(18)7-8/h4-5,7,9-10,17-18H,2-3,6,15H2,1H3,(H,16,19)(H,20,21)/t9?,10-/m0/s1. The van der Waals surface area contributed by atoms with E-state index in [0.717, 1.165) is 6.42 Å². The van der Waals surface area contributed by atoms with E-state index in [1.165, 1.54) is 18.2 Å². The van der Waals surface area contributed by atoms with Crippen molar-refractivity contribution in [2.24, 2.45) is 5.73 Å². The Balaban J connectivity index is 2.76. The average Bonchev–Trinajstić information content (AvgIpc) is 2.42. The van der Waals surface area contributed by atoms with Gasteiger partial charge in [0, 0.05) is 6.42 Å². The van der Waals surface area contributed by atoms with Gasteiger partial charge in [0.05, 0.1) is 6.04 Å². The van der Waals surface area contributed by atoms with Crippen molar-refractivity contribution in [3.05, 3.63) is 23.8 Å². The van der Waals surface area contributed by atoms with Crippen LogP contribution in [0.25, 0.3) is 0 Å². The van der Waals surface area contributed by atoms with E-state index in [2.05, 4.69) is 5.32 Å². The average molecular weight is 296 g/mol. The summed E-state index contributed by atoms with van der Waals surface area (Å²) in [6, 6.07) is 2.09. The number of rotatable bonds is 7. The van der Waals surface area contributed by atoms with Gasteiger partial charge >= 0.3 is 5.97 Å². The van der Waals surface area contributed by atoms with E-state index in [0.29, 0.717) is 12.0 Å². The van der Waals surface area contributed by atoms with Crippen LogP contribution in [0.5, 0.6) is 11.5 Å². The highest BCUT2D eigenvalue weighted by Crippen LogP contribution is 2.25. The molecule has 1 amide bonds. The first-order valence-corrected chi connectivity index (χ1v) is 6.64. The highest BCUT2D eigenvalue weighted by atomic mass is 16.4. The minimum atomic E-state index is -1.19. The SMILES string of the molecule is CCCC(N)C(=O)N[C@@H](Cc1ccc(O)c(O)c1)C(=O)O. The summed E-state index contributed by atoms with van der Waals surface area (Å²) in [7, 11) is 0. The van der Waals surface area contributed by atoms with Crippen LogP contribution >= 0.6 is 0 Å². The van der Waals surface area contributed by atoms with E-state index in [1.807, 2.05) is 6.92 Å². The molecule has 2 atom stereocenters. The summed E-state index contributed by atoms with van der Waals surface area (Å²) in [4.78, 5) is 23.0. The Morgan fingerprint density at radius 1 is 1.29 bits per heavy atom. The van der Waals surface area contributed by atoms with Crippen molar-refractivity contribution < 1.29 is 24.9 Å². The number of aromatic hydroxyl groups is 2. The number of carbonyl (C=O) groups is 2. The van der Waals surface area contributed by atoms with Crippen molar-refractivity contribution in [1.82, 2.24) is 5.32 Å². The van der Waals surface area contributed by atoms with Crippen LogP contribution in [0.4, 0.5) is 0 Å². The van der Waals surface area contributed by atoms with E-state index >= 15 is 0 Å². The van der Waals surface area contributed by atoms with E-state index < -0.39 is 24.0 Å². The predicted molar refractivity (Wildman–Crippen MR) is 75.9 cm³/mol. The highest BCUT2D eigenvalue weighted by Gasteiger charge is 2.23. The minimum absolute atomic E-state index is 0.0201. The molecule has 7 heteroatoms. The smallest absolute Gasteiger partial charge is 0.326 e. The number of hydrogen-bond acceptors (Lipinski definition) is 5. The van der Waals surface area contributed by atoms with E-state index in [9.17, 15) is 19.8 Å². The summed E-state index contributed by atoms with van der Waals surface area (Å²) >= 11 is 0. The molecule has 0 aliphatic heterocycles. The number of phenolic OH excluding ortho intramolecular Hbond substituents is 2. The Labute approximate surface area is 122 Å². The second-order valence-corrected chi connectivity index (χ2v) is 4.82. The number of carbonyl (C=O) groups excluding carboxylic acids is 1. The molecule has 0 saturated heterocycles. The molecule has 1 aromatic carbocycles. The molecular weight excluding hydrogens is 276 g/mol. The molecule has 0 aliphatic carbocycles. The maximum Gasteiger partial charge on any atom is 0.326 e. The highest BCUT2D eigenvalue weighted by molar-refractivity contribution is 5.86. The fourth-order valence-corrected chi connectivity index (χ4v) is 1.85. The normalized spacial score (nSPS) is 13.4. The molecule has 0 aliphatic rings. The Hall–Kier alpha value is -2.28. The molecular formula is C14H20N2O5. The lowest BCUT2D eigenvalue weighted by atomic mass is 10.0. The first-order valence-electron chi connectivity index (χ1n) is 6.64. The Morgan fingerprint density at radius 3 is 2.48 bits per heavy atom. The zero-order chi connectivity index (χ0) is 16.0. The van der Waals surface area contributed by atoms with Crippen LogP contribution in [0.3, 0.4) is 0 Å². The lowest BCUT2D eigenvalue weighted by Crippen LogP contribution is -2.49. The van der Waals surface area contributed by atoms with Gasteiger partial charge in [0.2, 0.25) is 5.91 Å². The molecule has 6 N–H and O–H groups in total. The largest absolute Gasteiger partial charge is 0.504 e. The number of benzene rings is 1. The van der Waals surface area contributed by atoms with Crippen LogP contribution < -0.4 is 11.1 Å². The minimum Gasteiger partial charge on any atom is -0.504 e. The monoisotopic (exact) mass is 296 g/mol. The van der Waals surface area contributed by atoms with Crippen molar-refractivity contribution in [2.45, 2.75) is 38.3 Å². The van der Waals surface area contributed by atoms with Gasteiger partial charge in [-0.25, -0.2) is 4.79 Å². The first-order chi connectivity index (χ1) is 9.85. The van der Waals surface area contributed by atoms with Gasteiger partial charge in [-0.3, -0.25) is 4.79 Å². The molecule has 0 saturated carbocycles. The molecule has 116 valence electrons. The quantitative estimate of drug-likeness (QED) is 0.461. The third-order valence-electron chi connectivity index (χ3n) is 3.03. The van der Waals surface area contributed by atoms with Crippen molar-refractivity contribution in [1.29, 1.82) is 0 Å². The Morgan fingerprint density at radius 2 is 1.95 bits per heavy atom. The lowest BCUT2D eigenvalue weighted by molar-refractivity contribution is -0.142. The van der Waals surface area contributed by atoms with Gasteiger partial charge in [0.15, 0.2) is 11.5 Å². The van der Waals surface area contributed by atoms with Gasteiger partial charge in [-0.15, -0.1) is 0 Å². The van der Waals surface area contributed by atoms with Gasteiger partial charge in [0.1, 0.15) is 6.04 Å². The number of amides is 1. The van der Waals surface area contributed by atoms with Gasteiger partial charge < -0.3 is 26.4 Å². The number of aliphatic carboxylic acids is 1. The second-order valence-electron chi connectivity index (χ2n) is 4.82. The maximum atomic E-state index is 11.8. The molecule has 1 rings (SSSR count). The number of carboxylic acid groups (broad SMARTS) is 1. The number of hydrogen-bond donors (Lipinski definition) is 5. The fourth-order valence-electron chi connectivity index (χ4n) is 1.85. The van der Waals surface area contributed by atoms with E-state index in [1.54, 1.807) is 0 Å². The van der Waals surface area contributed by atoms with Crippen LogP contribution in [0, 0.1) is 0 Å². The van der Waals surface area contributed by atoms with Gasteiger partial charge in [-0.05, 0) is 24.1 Å². The summed E-state index contributed by atoms with van der Waals surface area (Å²) in [6.45, 7) is 1.88. The topological polar surface area (TPSA) is 133 Å². The van der Waals surface area contributed by atoms with Crippen LogP contribution in [0.1, 0.15) is 25.3 Å². The summed E-state index contributed by atoms with van der Waals surface area (Å²) in [5, 5.41) is 30.1. The number of phenols is 2. The van der Waals surface area contributed by atoms with Crippen molar-refractivity contribution in [3.8, 4) is 11.5 Å².